The van der Waals surface area contributed by atoms with Crippen LogP contribution in [-0.2, 0) is 30.3 Å². The van der Waals surface area contributed by atoms with Crippen LogP contribution in [0.15, 0.2) is 18.2 Å². The molecule has 2 rings (SSSR count). The van der Waals surface area contributed by atoms with Crippen LogP contribution in [-0.4, -0.2) is 94.7 Å². The van der Waals surface area contributed by atoms with E-state index in [-0.39, 0.29) is 31.8 Å². The topological polar surface area (TPSA) is 197 Å². The molecule has 0 spiro atoms. The summed E-state index contributed by atoms with van der Waals surface area (Å²) < 4.78 is 11.2. The Morgan fingerprint density at radius 2 is 1.56 bits per heavy atom. The number of carbonyl (C=O) groups is 4. The predicted molar refractivity (Wildman–Crippen MR) is 131 cm³/mol. The van der Waals surface area contributed by atoms with Crippen LogP contribution >= 0.6 is 11.6 Å². The summed E-state index contributed by atoms with van der Waals surface area (Å²) in [6, 6.07) is 5.81. The highest BCUT2D eigenvalue weighted by Gasteiger charge is 2.19. The van der Waals surface area contributed by atoms with Gasteiger partial charge in [0.25, 0.3) is 0 Å². The summed E-state index contributed by atoms with van der Waals surface area (Å²) in [4.78, 5) is 40.9. The Kier molecular flexibility index (Phi) is 17.7. The summed E-state index contributed by atoms with van der Waals surface area (Å²) in [7, 11) is 0. The van der Waals surface area contributed by atoms with Crippen molar-refractivity contribution >= 4 is 35.5 Å². The molecular weight excluding hydrogens is 500 g/mol. The van der Waals surface area contributed by atoms with Gasteiger partial charge in [0.05, 0.1) is 45.0 Å². The maximum Gasteiger partial charge on any atom is 0.303 e. The monoisotopic (exact) mass is 534 g/mol. The number of nitrogens with zero attached hydrogens (tertiary/aromatic N) is 1. The van der Waals surface area contributed by atoms with Crippen molar-refractivity contribution in [3.05, 3.63) is 28.8 Å². The molecule has 0 amide bonds. The molecule has 0 aromatic heterocycles. The molecule has 1 heterocycles. The third kappa shape index (κ3) is 17.5. The number of morpholine rings is 1. The van der Waals surface area contributed by atoms with Crippen molar-refractivity contribution in [2.24, 2.45) is 5.73 Å². The molecule has 1 fully saturated rings. The average molecular weight is 535 g/mol. The molecular formula is C23H35ClN2O10. The third-order valence-corrected chi connectivity index (χ3v) is 4.85. The fraction of sp³-hybridized carbons (Fsp3) is 0.565. The molecule has 1 atom stereocenters. The normalized spacial score (nSPS) is 14.9. The zero-order valence-corrected chi connectivity index (χ0v) is 21.0. The van der Waals surface area contributed by atoms with Crippen LogP contribution < -0.4 is 10.5 Å². The summed E-state index contributed by atoms with van der Waals surface area (Å²) in [5, 5.41) is 32.4. The van der Waals surface area contributed by atoms with Gasteiger partial charge in [-0.05, 0) is 37.1 Å². The second kappa shape index (κ2) is 19.3. The SMILES string of the molecule is CCOc1ccc(Cl)cc1CCN1CCO[C@@H](CN)C1.O=C(O)CCC(=O)O.O=C(O)CCC(=O)O. The van der Waals surface area contributed by atoms with E-state index in [1.54, 1.807) is 0 Å². The van der Waals surface area contributed by atoms with E-state index in [2.05, 4.69) is 4.90 Å². The minimum Gasteiger partial charge on any atom is -0.494 e. The Labute approximate surface area is 214 Å². The van der Waals surface area contributed by atoms with Gasteiger partial charge in [-0.15, -0.1) is 0 Å². The highest BCUT2D eigenvalue weighted by Crippen LogP contribution is 2.24. The van der Waals surface area contributed by atoms with Gasteiger partial charge in [-0.1, -0.05) is 11.6 Å². The number of ether oxygens (including phenoxy) is 2. The van der Waals surface area contributed by atoms with Gasteiger partial charge in [0.15, 0.2) is 0 Å². The first kappa shape index (κ1) is 33.1. The molecule has 1 aliphatic rings. The number of hydrogen-bond acceptors (Lipinski definition) is 8. The van der Waals surface area contributed by atoms with E-state index in [9.17, 15) is 19.2 Å². The van der Waals surface area contributed by atoms with Crippen molar-refractivity contribution in [1.29, 1.82) is 0 Å². The first-order valence-electron chi connectivity index (χ1n) is 11.3. The van der Waals surface area contributed by atoms with Gasteiger partial charge in [-0.2, -0.15) is 0 Å². The van der Waals surface area contributed by atoms with Crippen molar-refractivity contribution in [1.82, 2.24) is 4.90 Å². The van der Waals surface area contributed by atoms with Crippen molar-refractivity contribution in [3.63, 3.8) is 0 Å². The molecule has 1 aromatic rings. The summed E-state index contributed by atoms with van der Waals surface area (Å²) in [5.74, 6) is -3.37. The van der Waals surface area contributed by atoms with Gasteiger partial charge in [-0.25, -0.2) is 0 Å². The summed E-state index contributed by atoms with van der Waals surface area (Å²) in [6.45, 7) is 6.84. The number of carboxylic acids is 4. The number of rotatable bonds is 12. The minimum atomic E-state index is -1.08. The Morgan fingerprint density at radius 1 is 1.03 bits per heavy atom. The molecule has 0 saturated carbocycles. The number of nitrogens with two attached hydrogens (primary N) is 1. The Balaban J connectivity index is 0.000000634. The van der Waals surface area contributed by atoms with Crippen LogP contribution in [0.25, 0.3) is 0 Å². The van der Waals surface area contributed by atoms with Gasteiger partial charge >= 0.3 is 23.9 Å². The average Bonchev–Trinajstić information content (AvgIpc) is 2.82. The molecule has 1 aromatic carbocycles. The van der Waals surface area contributed by atoms with Gasteiger partial charge in [0.2, 0.25) is 0 Å². The largest absolute Gasteiger partial charge is 0.494 e. The molecule has 36 heavy (non-hydrogen) atoms. The van der Waals surface area contributed by atoms with E-state index in [1.807, 2.05) is 25.1 Å². The first-order chi connectivity index (χ1) is 17.0. The molecule has 1 saturated heterocycles. The second-order valence-corrected chi connectivity index (χ2v) is 7.98. The first-order valence-corrected chi connectivity index (χ1v) is 11.7. The van der Waals surface area contributed by atoms with E-state index in [0.717, 1.165) is 49.0 Å². The Hall–Kier alpha value is -2.93. The fourth-order valence-electron chi connectivity index (χ4n) is 2.87. The molecule has 204 valence electrons. The fourth-order valence-corrected chi connectivity index (χ4v) is 3.07. The molecule has 0 bridgehead atoms. The zero-order chi connectivity index (χ0) is 27.5. The summed E-state index contributed by atoms with van der Waals surface area (Å²) in [5.41, 5.74) is 6.83. The van der Waals surface area contributed by atoms with Crippen molar-refractivity contribution in [3.8, 4) is 5.75 Å². The van der Waals surface area contributed by atoms with Gasteiger partial charge in [0, 0.05) is 31.2 Å². The highest BCUT2D eigenvalue weighted by molar-refractivity contribution is 6.30. The van der Waals surface area contributed by atoms with Crippen LogP contribution in [0.2, 0.25) is 5.02 Å². The van der Waals surface area contributed by atoms with E-state index in [4.69, 9.17) is 47.2 Å². The molecule has 13 heteroatoms. The van der Waals surface area contributed by atoms with Crippen molar-refractivity contribution in [2.45, 2.75) is 45.1 Å². The highest BCUT2D eigenvalue weighted by atomic mass is 35.5. The van der Waals surface area contributed by atoms with Crippen molar-refractivity contribution < 1.29 is 49.1 Å². The molecule has 12 nitrogen and oxygen atoms in total. The lowest BCUT2D eigenvalue weighted by Gasteiger charge is -2.32. The van der Waals surface area contributed by atoms with E-state index < -0.39 is 23.9 Å². The van der Waals surface area contributed by atoms with Crippen LogP contribution in [0.4, 0.5) is 0 Å². The Bertz CT molecular complexity index is 781. The third-order valence-electron chi connectivity index (χ3n) is 4.61. The van der Waals surface area contributed by atoms with Gasteiger partial charge in [-0.3, -0.25) is 24.1 Å². The Morgan fingerprint density at radius 3 is 2.00 bits per heavy atom. The number of hydrogen-bond donors (Lipinski definition) is 5. The standard InChI is InChI=1S/C15H23ClN2O2.2C4H6O4/c1-2-19-15-4-3-13(16)9-12(15)5-6-18-7-8-20-14(10-17)11-18;2*5-3(6)1-2-4(7)8/h3-4,9,14H,2,5-8,10-11,17H2,1H3;2*1-2H2,(H,5,6)(H,7,8)/t14-;;/m0../s1. The molecule has 6 N–H and O–H groups in total. The smallest absolute Gasteiger partial charge is 0.303 e. The summed E-state index contributed by atoms with van der Waals surface area (Å²) >= 11 is 6.08. The number of halogens is 1. The lowest BCUT2D eigenvalue weighted by atomic mass is 10.1. The van der Waals surface area contributed by atoms with E-state index in [1.165, 1.54) is 0 Å². The van der Waals surface area contributed by atoms with Crippen LogP contribution in [0, 0.1) is 0 Å². The lowest BCUT2D eigenvalue weighted by molar-refractivity contribution is -0.143. The number of benzene rings is 1. The summed E-state index contributed by atoms with van der Waals surface area (Å²) in [6.07, 6.45) is -0.0998. The maximum absolute atomic E-state index is 9.64. The molecule has 0 radical (unpaired) electrons. The lowest BCUT2D eigenvalue weighted by Crippen LogP contribution is -2.46. The number of aliphatic carboxylic acids is 4. The van der Waals surface area contributed by atoms with Gasteiger partial charge < -0.3 is 35.6 Å². The second-order valence-electron chi connectivity index (χ2n) is 7.54. The van der Waals surface area contributed by atoms with Crippen molar-refractivity contribution in [2.75, 3.05) is 39.4 Å². The predicted octanol–water partition coefficient (Wildman–Crippen LogP) is 1.81. The van der Waals surface area contributed by atoms with E-state index >= 15 is 0 Å². The molecule has 1 aliphatic heterocycles. The van der Waals surface area contributed by atoms with Crippen LogP contribution in [0.1, 0.15) is 38.2 Å². The van der Waals surface area contributed by atoms with Crippen LogP contribution in [0.3, 0.4) is 0 Å². The molecule has 0 unspecified atom stereocenters. The minimum absolute atomic E-state index is 0.162. The van der Waals surface area contributed by atoms with Crippen LogP contribution in [0.5, 0.6) is 5.75 Å². The number of carboxylic acid groups (broad SMARTS) is 4. The van der Waals surface area contributed by atoms with Gasteiger partial charge in [0.1, 0.15) is 5.75 Å². The maximum atomic E-state index is 9.64. The quantitative estimate of drug-likeness (QED) is 0.261. The van der Waals surface area contributed by atoms with E-state index in [0.29, 0.717) is 13.2 Å². The molecule has 0 aliphatic carbocycles. The zero-order valence-electron chi connectivity index (χ0n) is 20.2.